The smallest absolute Gasteiger partial charge is 0.0903 e. The van der Waals surface area contributed by atoms with Gasteiger partial charge in [-0.25, -0.2) is 4.98 Å². The summed E-state index contributed by atoms with van der Waals surface area (Å²) < 4.78 is 0. The number of aryl methyl sites for hydroxylation is 2. The minimum Gasteiger partial charge on any atom is -0.246 e. The second-order valence-corrected chi connectivity index (χ2v) is 4.22. The molecule has 0 fully saturated rings. The average Bonchev–Trinajstić information content (AvgIpc) is 2.47. The average molecular weight is 189 g/mol. The maximum atomic E-state index is 4.41. The van der Waals surface area contributed by atoms with Gasteiger partial charge in [-0.05, 0) is 19.4 Å². The second kappa shape index (κ2) is 3.30. The zero-order valence-corrected chi connectivity index (χ0v) is 8.56. The Balaban J connectivity index is 2.53. The summed E-state index contributed by atoms with van der Waals surface area (Å²) in [4.78, 5) is 5.70. The van der Waals surface area contributed by atoms with Crippen LogP contribution in [0.25, 0.3) is 10.4 Å². The number of nitrogens with zero attached hydrogens (tertiary/aromatic N) is 1. The Morgan fingerprint density at radius 3 is 2.31 bits per heavy atom. The molecule has 2 aromatic rings. The molecular formula is C11H11NS. The normalized spacial score (nSPS) is 10.3. The fourth-order valence-electron chi connectivity index (χ4n) is 1.39. The fraction of sp³-hybridized carbons (Fsp3) is 0.182. The molecule has 1 aromatic heterocycles. The van der Waals surface area contributed by atoms with E-state index < -0.39 is 0 Å². The van der Waals surface area contributed by atoms with Gasteiger partial charge in [0, 0.05) is 0 Å². The molecule has 0 aliphatic carbocycles. The summed E-state index contributed by atoms with van der Waals surface area (Å²) in [5, 5.41) is 1.14. The number of thiazole rings is 1. The Morgan fingerprint density at radius 2 is 1.77 bits per heavy atom. The molecule has 1 nitrogen and oxygen atoms in total. The SMILES string of the molecule is Cc1nc(C)c(-c2ccccc2)s1. The van der Waals surface area contributed by atoms with Crippen LogP contribution in [0, 0.1) is 13.8 Å². The number of benzene rings is 1. The zero-order chi connectivity index (χ0) is 9.26. The van der Waals surface area contributed by atoms with Gasteiger partial charge in [0.1, 0.15) is 0 Å². The van der Waals surface area contributed by atoms with Gasteiger partial charge in [-0.3, -0.25) is 0 Å². The third kappa shape index (κ3) is 1.63. The van der Waals surface area contributed by atoms with Crippen molar-refractivity contribution in [3.63, 3.8) is 0 Å². The van der Waals surface area contributed by atoms with Crippen molar-refractivity contribution in [2.45, 2.75) is 13.8 Å². The predicted octanol–water partition coefficient (Wildman–Crippen LogP) is 3.43. The first kappa shape index (κ1) is 8.45. The lowest BCUT2D eigenvalue weighted by Gasteiger charge is -1.96. The number of aromatic nitrogens is 1. The highest BCUT2D eigenvalue weighted by atomic mass is 32.1. The van der Waals surface area contributed by atoms with Gasteiger partial charge in [0.05, 0.1) is 15.6 Å². The maximum absolute atomic E-state index is 4.41. The highest BCUT2D eigenvalue weighted by molar-refractivity contribution is 7.15. The number of rotatable bonds is 1. The highest BCUT2D eigenvalue weighted by Gasteiger charge is 2.05. The first-order valence-electron chi connectivity index (χ1n) is 4.27. The monoisotopic (exact) mass is 189 g/mol. The van der Waals surface area contributed by atoms with Crippen molar-refractivity contribution in [1.82, 2.24) is 4.98 Å². The lowest BCUT2D eigenvalue weighted by atomic mass is 10.2. The topological polar surface area (TPSA) is 12.9 Å². The van der Waals surface area contributed by atoms with Crippen LogP contribution < -0.4 is 0 Å². The molecule has 0 aliphatic heterocycles. The van der Waals surface area contributed by atoms with Gasteiger partial charge in [-0.2, -0.15) is 0 Å². The van der Waals surface area contributed by atoms with Crippen LogP contribution in [0.15, 0.2) is 30.3 Å². The van der Waals surface area contributed by atoms with Crippen molar-refractivity contribution in [3.8, 4) is 10.4 Å². The van der Waals surface area contributed by atoms with Crippen molar-refractivity contribution in [3.05, 3.63) is 41.0 Å². The molecule has 13 heavy (non-hydrogen) atoms. The predicted molar refractivity (Wildman–Crippen MR) is 57.0 cm³/mol. The third-order valence-corrected chi connectivity index (χ3v) is 3.06. The lowest BCUT2D eigenvalue weighted by Crippen LogP contribution is -1.76. The molecule has 0 saturated heterocycles. The molecule has 2 rings (SSSR count). The van der Waals surface area contributed by atoms with Crippen LogP contribution in [0.2, 0.25) is 0 Å². The summed E-state index contributed by atoms with van der Waals surface area (Å²) >= 11 is 1.76. The van der Waals surface area contributed by atoms with E-state index in [9.17, 15) is 0 Å². The summed E-state index contributed by atoms with van der Waals surface area (Å²) in [6, 6.07) is 10.4. The minimum atomic E-state index is 1.13. The Hall–Kier alpha value is -1.15. The fourth-order valence-corrected chi connectivity index (χ4v) is 2.31. The van der Waals surface area contributed by atoms with E-state index in [1.807, 2.05) is 13.0 Å². The van der Waals surface area contributed by atoms with Gasteiger partial charge in [0.15, 0.2) is 0 Å². The molecule has 0 unspecified atom stereocenters. The minimum absolute atomic E-state index is 1.13. The molecule has 0 atom stereocenters. The molecule has 0 radical (unpaired) electrons. The summed E-state index contributed by atoms with van der Waals surface area (Å²) in [7, 11) is 0. The van der Waals surface area contributed by atoms with Crippen molar-refractivity contribution >= 4 is 11.3 Å². The van der Waals surface area contributed by atoms with Gasteiger partial charge in [0.2, 0.25) is 0 Å². The van der Waals surface area contributed by atoms with Crippen LogP contribution in [-0.2, 0) is 0 Å². The first-order valence-corrected chi connectivity index (χ1v) is 5.08. The summed E-state index contributed by atoms with van der Waals surface area (Å²) in [5.41, 5.74) is 2.40. The quantitative estimate of drug-likeness (QED) is 0.669. The summed E-state index contributed by atoms with van der Waals surface area (Å²) in [6.07, 6.45) is 0. The van der Waals surface area contributed by atoms with Crippen LogP contribution in [0.4, 0.5) is 0 Å². The number of hydrogen-bond acceptors (Lipinski definition) is 2. The molecule has 0 N–H and O–H groups in total. The third-order valence-electron chi connectivity index (χ3n) is 1.94. The van der Waals surface area contributed by atoms with E-state index in [0.717, 1.165) is 10.7 Å². The Bertz CT molecular complexity index is 403. The molecule has 2 heteroatoms. The van der Waals surface area contributed by atoms with E-state index >= 15 is 0 Å². The molecule has 1 heterocycles. The second-order valence-electron chi connectivity index (χ2n) is 3.01. The molecule has 0 spiro atoms. The van der Waals surface area contributed by atoms with Crippen LogP contribution in [0.5, 0.6) is 0 Å². The molecule has 0 aliphatic rings. The van der Waals surface area contributed by atoms with Crippen LogP contribution >= 0.6 is 11.3 Å². The molecule has 1 aromatic carbocycles. The molecule has 0 bridgehead atoms. The Morgan fingerprint density at radius 1 is 1.08 bits per heavy atom. The summed E-state index contributed by atoms with van der Waals surface area (Å²) in [6.45, 7) is 4.11. The van der Waals surface area contributed by atoms with Crippen LogP contribution in [0.3, 0.4) is 0 Å². The zero-order valence-electron chi connectivity index (χ0n) is 7.74. The molecular weight excluding hydrogens is 178 g/mol. The Kier molecular flexibility index (Phi) is 2.15. The highest BCUT2D eigenvalue weighted by Crippen LogP contribution is 2.28. The largest absolute Gasteiger partial charge is 0.246 e. The van der Waals surface area contributed by atoms with E-state index in [-0.39, 0.29) is 0 Å². The lowest BCUT2D eigenvalue weighted by molar-refractivity contribution is 1.20. The van der Waals surface area contributed by atoms with Crippen molar-refractivity contribution in [2.24, 2.45) is 0 Å². The van der Waals surface area contributed by atoms with Crippen LogP contribution in [-0.4, -0.2) is 4.98 Å². The van der Waals surface area contributed by atoms with E-state index in [1.54, 1.807) is 11.3 Å². The van der Waals surface area contributed by atoms with E-state index in [1.165, 1.54) is 10.4 Å². The van der Waals surface area contributed by atoms with Gasteiger partial charge < -0.3 is 0 Å². The van der Waals surface area contributed by atoms with E-state index in [0.29, 0.717) is 0 Å². The standard InChI is InChI=1S/C11H11NS/c1-8-11(13-9(2)12-8)10-6-4-3-5-7-10/h3-7H,1-2H3. The van der Waals surface area contributed by atoms with Crippen molar-refractivity contribution < 1.29 is 0 Å². The van der Waals surface area contributed by atoms with Gasteiger partial charge in [-0.1, -0.05) is 30.3 Å². The van der Waals surface area contributed by atoms with Crippen molar-refractivity contribution in [2.75, 3.05) is 0 Å². The number of hydrogen-bond donors (Lipinski definition) is 0. The van der Waals surface area contributed by atoms with Gasteiger partial charge in [0.25, 0.3) is 0 Å². The molecule has 66 valence electrons. The van der Waals surface area contributed by atoms with E-state index in [4.69, 9.17) is 0 Å². The first-order chi connectivity index (χ1) is 6.27. The van der Waals surface area contributed by atoms with Gasteiger partial charge in [-0.15, -0.1) is 11.3 Å². The van der Waals surface area contributed by atoms with E-state index in [2.05, 4.69) is 36.2 Å². The Labute approximate surface area is 82.1 Å². The molecule has 0 saturated carbocycles. The molecule has 0 amide bonds. The van der Waals surface area contributed by atoms with Crippen molar-refractivity contribution in [1.29, 1.82) is 0 Å². The van der Waals surface area contributed by atoms with Gasteiger partial charge >= 0.3 is 0 Å². The maximum Gasteiger partial charge on any atom is 0.0903 e. The van der Waals surface area contributed by atoms with Crippen LogP contribution in [0.1, 0.15) is 10.7 Å². The summed E-state index contributed by atoms with van der Waals surface area (Å²) in [5.74, 6) is 0.